The zero-order valence-electron chi connectivity index (χ0n) is 13.0. The predicted molar refractivity (Wildman–Crippen MR) is 74.7 cm³/mol. The Morgan fingerprint density at radius 2 is 2.05 bits per heavy atom. The summed E-state index contributed by atoms with van der Waals surface area (Å²) in [4.78, 5) is 14.0. The van der Waals surface area contributed by atoms with Crippen LogP contribution in [-0.4, -0.2) is 53.4 Å². The van der Waals surface area contributed by atoms with Gasteiger partial charge >= 0.3 is 0 Å². The summed E-state index contributed by atoms with van der Waals surface area (Å²) in [5.74, 6) is -0.129. The van der Waals surface area contributed by atoms with Crippen LogP contribution >= 0.6 is 0 Å². The standard InChI is InChI=1S/C14H28N2O3/c1-7-19-10-8-14(15,13(10,4)5)11(17)16(6)9-12(2,3)18/h10,18H,7-9,15H2,1-6H3. The summed E-state index contributed by atoms with van der Waals surface area (Å²) in [7, 11) is 1.68. The van der Waals surface area contributed by atoms with E-state index in [1.165, 1.54) is 4.90 Å². The predicted octanol–water partition coefficient (Wildman–Crippen LogP) is 0.748. The second kappa shape index (κ2) is 5.04. The molecule has 0 heterocycles. The van der Waals surface area contributed by atoms with E-state index in [0.29, 0.717) is 13.0 Å². The lowest BCUT2D eigenvalue weighted by Crippen LogP contribution is -2.76. The topological polar surface area (TPSA) is 75.8 Å². The zero-order valence-corrected chi connectivity index (χ0v) is 13.0. The number of aliphatic hydroxyl groups is 1. The summed E-state index contributed by atoms with van der Waals surface area (Å²) in [5, 5.41) is 9.80. The average molecular weight is 272 g/mol. The van der Waals surface area contributed by atoms with E-state index >= 15 is 0 Å². The molecule has 1 aliphatic rings. The molecule has 0 aromatic carbocycles. The van der Waals surface area contributed by atoms with Gasteiger partial charge in [0.1, 0.15) is 5.54 Å². The van der Waals surface area contributed by atoms with Gasteiger partial charge in [0.15, 0.2) is 0 Å². The molecule has 0 spiro atoms. The molecule has 0 aromatic heterocycles. The fourth-order valence-corrected chi connectivity index (χ4v) is 2.79. The van der Waals surface area contributed by atoms with Gasteiger partial charge in [-0.2, -0.15) is 0 Å². The molecule has 0 bridgehead atoms. The van der Waals surface area contributed by atoms with E-state index in [1.807, 2.05) is 20.8 Å². The molecule has 0 radical (unpaired) electrons. The van der Waals surface area contributed by atoms with Gasteiger partial charge in [-0.25, -0.2) is 0 Å². The van der Waals surface area contributed by atoms with Crippen LogP contribution in [0.25, 0.3) is 0 Å². The summed E-state index contributed by atoms with van der Waals surface area (Å²) >= 11 is 0. The second-order valence-corrected chi connectivity index (χ2v) is 6.81. The number of carbonyl (C=O) groups is 1. The van der Waals surface area contributed by atoms with Crippen LogP contribution in [-0.2, 0) is 9.53 Å². The maximum atomic E-state index is 12.5. The Morgan fingerprint density at radius 3 is 2.42 bits per heavy atom. The second-order valence-electron chi connectivity index (χ2n) is 6.81. The third kappa shape index (κ3) is 2.93. The average Bonchev–Trinajstić information content (AvgIpc) is 2.25. The summed E-state index contributed by atoms with van der Waals surface area (Å²) in [6.07, 6.45) is 0.546. The maximum Gasteiger partial charge on any atom is 0.243 e. The third-order valence-electron chi connectivity index (χ3n) is 4.18. The van der Waals surface area contributed by atoms with Crippen LogP contribution in [0.1, 0.15) is 41.0 Å². The molecule has 1 rings (SSSR count). The quantitative estimate of drug-likeness (QED) is 0.774. The molecule has 1 fully saturated rings. The van der Waals surface area contributed by atoms with Crippen molar-refractivity contribution in [1.29, 1.82) is 0 Å². The maximum absolute atomic E-state index is 12.5. The van der Waals surface area contributed by atoms with E-state index in [4.69, 9.17) is 10.5 Å². The molecule has 0 aliphatic heterocycles. The summed E-state index contributed by atoms with van der Waals surface area (Å²) < 4.78 is 5.62. The highest BCUT2D eigenvalue weighted by Crippen LogP contribution is 2.50. The van der Waals surface area contributed by atoms with E-state index < -0.39 is 16.6 Å². The number of carbonyl (C=O) groups excluding carboxylic acids is 1. The molecule has 1 aliphatic carbocycles. The van der Waals surface area contributed by atoms with Crippen molar-refractivity contribution in [3.8, 4) is 0 Å². The molecule has 1 saturated carbocycles. The third-order valence-corrected chi connectivity index (χ3v) is 4.18. The lowest BCUT2D eigenvalue weighted by molar-refractivity contribution is -0.179. The number of hydrogen-bond acceptors (Lipinski definition) is 4. The van der Waals surface area contributed by atoms with Crippen LogP contribution in [0.3, 0.4) is 0 Å². The Labute approximate surface area is 116 Å². The monoisotopic (exact) mass is 272 g/mol. The van der Waals surface area contributed by atoms with Gasteiger partial charge < -0.3 is 20.5 Å². The van der Waals surface area contributed by atoms with Gasteiger partial charge in [-0.3, -0.25) is 4.79 Å². The van der Waals surface area contributed by atoms with Crippen LogP contribution in [0, 0.1) is 5.41 Å². The molecule has 19 heavy (non-hydrogen) atoms. The number of nitrogens with zero attached hydrogens (tertiary/aromatic N) is 1. The van der Waals surface area contributed by atoms with Crippen molar-refractivity contribution >= 4 is 5.91 Å². The Hall–Kier alpha value is -0.650. The number of rotatable bonds is 5. The number of amides is 1. The molecule has 3 N–H and O–H groups in total. The molecule has 1 amide bonds. The molecule has 5 heteroatoms. The summed E-state index contributed by atoms with van der Waals surface area (Å²) in [6.45, 7) is 10.1. The van der Waals surface area contributed by atoms with Gasteiger partial charge in [0, 0.05) is 32.0 Å². The number of nitrogens with two attached hydrogens (primary N) is 1. The lowest BCUT2D eigenvalue weighted by atomic mass is 9.54. The van der Waals surface area contributed by atoms with Crippen molar-refractivity contribution in [2.75, 3.05) is 20.2 Å². The van der Waals surface area contributed by atoms with Crippen LogP contribution in [0.2, 0.25) is 0 Å². The van der Waals surface area contributed by atoms with E-state index in [9.17, 15) is 9.90 Å². The van der Waals surface area contributed by atoms with Gasteiger partial charge in [0.2, 0.25) is 5.91 Å². The van der Waals surface area contributed by atoms with Crippen LogP contribution in [0.5, 0.6) is 0 Å². The Bertz CT molecular complexity index is 349. The van der Waals surface area contributed by atoms with Gasteiger partial charge in [0.25, 0.3) is 0 Å². The van der Waals surface area contributed by atoms with Crippen molar-refractivity contribution < 1.29 is 14.6 Å². The Balaban J connectivity index is 2.78. The molecular weight excluding hydrogens is 244 g/mol. The fraction of sp³-hybridized carbons (Fsp3) is 0.929. The minimum atomic E-state index is -0.923. The van der Waals surface area contributed by atoms with Gasteiger partial charge in [-0.15, -0.1) is 0 Å². The van der Waals surface area contributed by atoms with Crippen LogP contribution < -0.4 is 5.73 Å². The summed E-state index contributed by atoms with van der Waals surface area (Å²) in [6, 6.07) is 0. The molecular formula is C14H28N2O3. The first kappa shape index (κ1) is 16.4. The molecule has 0 saturated heterocycles. The largest absolute Gasteiger partial charge is 0.389 e. The molecule has 2 unspecified atom stereocenters. The van der Waals surface area contributed by atoms with Crippen molar-refractivity contribution in [1.82, 2.24) is 4.90 Å². The van der Waals surface area contributed by atoms with Gasteiger partial charge in [-0.05, 0) is 20.8 Å². The van der Waals surface area contributed by atoms with Gasteiger partial charge in [-0.1, -0.05) is 13.8 Å². The first-order chi connectivity index (χ1) is 8.45. The summed E-state index contributed by atoms with van der Waals surface area (Å²) in [5.41, 5.74) is 4.08. The van der Waals surface area contributed by atoms with E-state index in [1.54, 1.807) is 20.9 Å². The number of ether oxygens (including phenoxy) is 1. The molecule has 2 atom stereocenters. The molecule has 112 valence electrons. The van der Waals surface area contributed by atoms with Crippen molar-refractivity contribution in [3.05, 3.63) is 0 Å². The molecule has 0 aromatic rings. The normalized spacial score (nSPS) is 29.8. The van der Waals surface area contributed by atoms with Crippen LogP contribution in [0.4, 0.5) is 0 Å². The number of hydrogen-bond donors (Lipinski definition) is 2. The van der Waals surface area contributed by atoms with E-state index in [0.717, 1.165) is 0 Å². The van der Waals surface area contributed by atoms with Crippen molar-refractivity contribution in [3.63, 3.8) is 0 Å². The Morgan fingerprint density at radius 1 is 1.53 bits per heavy atom. The van der Waals surface area contributed by atoms with Gasteiger partial charge in [0.05, 0.1) is 11.7 Å². The van der Waals surface area contributed by atoms with E-state index in [2.05, 4.69) is 0 Å². The molecule has 5 nitrogen and oxygen atoms in total. The smallest absolute Gasteiger partial charge is 0.243 e. The first-order valence-corrected chi connectivity index (χ1v) is 6.84. The van der Waals surface area contributed by atoms with Crippen LogP contribution in [0.15, 0.2) is 0 Å². The number of likely N-dealkylation sites (N-methyl/N-ethyl adjacent to an activating group) is 1. The van der Waals surface area contributed by atoms with Crippen molar-refractivity contribution in [2.24, 2.45) is 11.1 Å². The Kier molecular flexibility index (Phi) is 4.35. The minimum Gasteiger partial charge on any atom is -0.389 e. The van der Waals surface area contributed by atoms with Crippen molar-refractivity contribution in [2.45, 2.75) is 58.3 Å². The highest BCUT2D eigenvalue weighted by molar-refractivity contribution is 5.88. The first-order valence-electron chi connectivity index (χ1n) is 6.84. The highest BCUT2D eigenvalue weighted by atomic mass is 16.5. The fourth-order valence-electron chi connectivity index (χ4n) is 2.79. The SMILES string of the molecule is CCOC1CC(N)(C(=O)N(C)CC(C)(C)O)C1(C)C. The van der Waals surface area contributed by atoms with E-state index in [-0.39, 0.29) is 18.6 Å². The zero-order chi connectivity index (χ0) is 15.1. The minimum absolute atomic E-state index is 0.0157. The highest BCUT2D eigenvalue weighted by Gasteiger charge is 2.63. The lowest BCUT2D eigenvalue weighted by Gasteiger charge is -2.58.